The summed E-state index contributed by atoms with van der Waals surface area (Å²) in [6.07, 6.45) is 0. The summed E-state index contributed by atoms with van der Waals surface area (Å²) in [6, 6.07) is 13.4. The van der Waals surface area contributed by atoms with Gasteiger partial charge in [-0.25, -0.2) is 4.98 Å². The van der Waals surface area contributed by atoms with Crippen LogP contribution in [0.1, 0.15) is 44.7 Å². The average Bonchev–Trinajstić information content (AvgIpc) is 2.69. The highest BCUT2D eigenvalue weighted by atomic mass is 32.2. The molecule has 1 atom stereocenters. The molecule has 3 aromatic rings. The largest absolute Gasteiger partial charge is 0.325 e. The van der Waals surface area contributed by atoms with Crippen molar-refractivity contribution >= 4 is 34.3 Å². The van der Waals surface area contributed by atoms with Crippen molar-refractivity contribution in [2.75, 3.05) is 5.32 Å². The first-order chi connectivity index (χ1) is 13.8. The number of nitrogens with one attached hydrogen (secondary N) is 1. The van der Waals surface area contributed by atoms with Crippen molar-refractivity contribution in [3.8, 4) is 0 Å². The minimum atomic E-state index is -0.402. The molecule has 6 heteroatoms. The average molecular weight is 410 g/mol. The standard InChI is InChI=1S/C23H27N3O2S/c1-6-26-22(28)18-11-7-8-13-19(18)24-23(26)29-16(5)21(27)25-20-15(4)10-9-12-17(20)14(2)3/h7-14,16H,6H2,1-5H3,(H,25,27). The highest BCUT2D eigenvalue weighted by Crippen LogP contribution is 2.29. The van der Waals surface area contributed by atoms with Gasteiger partial charge in [0.05, 0.1) is 16.2 Å². The molecule has 3 rings (SSSR count). The van der Waals surface area contributed by atoms with Gasteiger partial charge in [-0.3, -0.25) is 14.2 Å². The zero-order valence-electron chi connectivity index (χ0n) is 17.5. The van der Waals surface area contributed by atoms with E-state index in [0.29, 0.717) is 28.5 Å². The summed E-state index contributed by atoms with van der Waals surface area (Å²) in [5.41, 5.74) is 3.60. The molecule has 1 amide bonds. The van der Waals surface area contributed by atoms with Gasteiger partial charge in [-0.1, -0.05) is 55.9 Å². The molecular formula is C23H27N3O2S. The Bertz CT molecular complexity index is 1100. The summed E-state index contributed by atoms with van der Waals surface area (Å²) >= 11 is 1.31. The van der Waals surface area contributed by atoms with Crippen molar-refractivity contribution in [3.05, 3.63) is 63.9 Å². The number of rotatable bonds is 6. The molecule has 1 unspecified atom stereocenters. The van der Waals surface area contributed by atoms with Gasteiger partial charge in [-0.15, -0.1) is 0 Å². The van der Waals surface area contributed by atoms with E-state index in [2.05, 4.69) is 24.1 Å². The maximum absolute atomic E-state index is 12.9. The van der Waals surface area contributed by atoms with E-state index in [4.69, 9.17) is 0 Å². The number of hydrogen-bond acceptors (Lipinski definition) is 4. The summed E-state index contributed by atoms with van der Waals surface area (Å²) < 4.78 is 1.63. The van der Waals surface area contributed by atoms with Crippen molar-refractivity contribution in [1.82, 2.24) is 9.55 Å². The Morgan fingerprint density at radius 2 is 1.86 bits per heavy atom. The van der Waals surface area contributed by atoms with Crippen LogP contribution in [-0.4, -0.2) is 20.7 Å². The van der Waals surface area contributed by atoms with Gasteiger partial charge in [-0.2, -0.15) is 0 Å². The number of carbonyl (C=O) groups excluding carboxylic acids is 1. The van der Waals surface area contributed by atoms with E-state index in [1.165, 1.54) is 11.8 Å². The summed E-state index contributed by atoms with van der Waals surface area (Å²) in [4.78, 5) is 30.4. The molecule has 152 valence electrons. The zero-order chi connectivity index (χ0) is 21.1. The number of amides is 1. The Kier molecular flexibility index (Phi) is 6.42. The topological polar surface area (TPSA) is 64.0 Å². The molecule has 0 saturated heterocycles. The predicted octanol–water partition coefficient (Wildman–Crippen LogP) is 4.97. The van der Waals surface area contributed by atoms with Crippen LogP contribution in [0.2, 0.25) is 0 Å². The highest BCUT2D eigenvalue weighted by molar-refractivity contribution is 8.00. The fourth-order valence-electron chi connectivity index (χ4n) is 3.30. The summed E-state index contributed by atoms with van der Waals surface area (Å²) in [6.45, 7) is 10.5. The third-order valence-electron chi connectivity index (χ3n) is 4.97. The van der Waals surface area contributed by atoms with Gasteiger partial charge >= 0.3 is 0 Å². The van der Waals surface area contributed by atoms with Gasteiger partial charge in [0, 0.05) is 12.2 Å². The van der Waals surface area contributed by atoms with Crippen molar-refractivity contribution < 1.29 is 4.79 Å². The third kappa shape index (κ3) is 4.37. The van der Waals surface area contributed by atoms with Crippen LogP contribution in [0.25, 0.3) is 10.9 Å². The second kappa shape index (κ2) is 8.82. The van der Waals surface area contributed by atoms with Crippen molar-refractivity contribution in [2.45, 2.75) is 57.5 Å². The third-order valence-corrected chi connectivity index (χ3v) is 6.06. The molecule has 1 heterocycles. The number of benzene rings is 2. The fourth-order valence-corrected chi connectivity index (χ4v) is 4.27. The Balaban J connectivity index is 1.89. The van der Waals surface area contributed by atoms with Crippen molar-refractivity contribution in [2.24, 2.45) is 0 Å². The van der Waals surface area contributed by atoms with E-state index in [1.54, 1.807) is 10.6 Å². The van der Waals surface area contributed by atoms with Gasteiger partial charge in [0.15, 0.2) is 5.16 Å². The number of carbonyl (C=O) groups is 1. The number of hydrogen-bond donors (Lipinski definition) is 1. The first-order valence-electron chi connectivity index (χ1n) is 9.90. The first kappa shape index (κ1) is 21.1. The van der Waals surface area contributed by atoms with Crippen LogP contribution < -0.4 is 10.9 Å². The van der Waals surface area contributed by atoms with E-state index in [0.717, 1.165) is 16.8 Å². The number of anilines is 1. The molecule has 0 saturated carbocycles. The molecule has 1 N–H and O–H groups in total. The number of nitrogens with zero attached hydrogens (tertiary/aromatic N) is 2. The SMILES string of the molecule is CCn1c(SC(C)C(=O)Nc2c(C)cccc2C(C)C)nc2ccccc2c1=O. The smallest absolute Gasteiger partial charge is 0.262 e. The second-order valence-electron chi connectivity index (χ2n) is 7.40. The highest BCUT2D eigenvalue weighted by Gasteiger charge is 2.21. The zero-order valence-corrected chi connectivity index (χ0v) is 18.3. The Hall–Kier alpha value is -2.60. The molecule has 0 aliphatic carbocycles. The van der Waals surface area contributed by atoms with E-state index < -0.39 is 5.25 Å². The fraction of sp³-hybridized carbons (Fsp3) is 0.348. The normalized spacial score (nSPS) is 12.3. The molecule has 0 fully saturated rings. The molecule has 29 heavy (non-hydrogen) atoms. The molecule has 1 aromatic heterocycles. The van der Waals surface area contributed by atoms with Crippen LogP contribution in [0.4, 0.5) is 5.69 Å². The lowest BCUT2D eigenvalue weighted by atomic mass is 9.98. The van der Waals surface area contributed by atoms with Gasteiger partial charge in [-0.05, 0) is 49.9 Å². The van der Waals surface area contributed by atoms with Crippen LogP contribution in [-0.2, 0) is 11.3 Å². The number of para-hydroxylation sites is 2. The van der Waals surface area contributed by atoms with Gasteiger partial charge in [0.1, 0.15) is 0 Å². The van der Waals surface area contributed by atoms with Gasteiger partial charge in [0.25, 0.3) is 5.56 Å². The number of aryl methyl sites for hydroxylation is 1. The Morgan fingerprint density at radius 3 is 2.55 bits per heavy atom. The van der Waals surface area contributed by atoms with Crippen LogP contribution in [0.5, 0.6) is 0 Å². The molecule has 0 spiro atoms. The van der Waals surface area contributed by atoms with E-state index in [1.807, 2.05) is 57.2 Å². The van der Waals surface area contributed by atoms with Gasteiger partial charge in [0.2, 0.25) is 5.91 Å². The van der Waals surface area contributed by atoms with E-state index >= 15 is 0 Å². The lowest BCUT2D eigenvalue weighted by Gasteiger charge is -2.19. The maximum atomic E-state index is 12.9. The van der Waals surface area contributed by atoms with Crippen LogP contribution in [0, 0.1) is 6.92 Å². The molecule has 0 aliphatic heterocycles. The number of aromatic nitrogens is 2. The molecular weight excluding hydrogens is 382 g/mol. The first-order valence-corrected chi connectivity index (χ1v) is 10.8. The lowest BCUT2D eigenvalue weighted by molar-refractivity contribution is -0.115. The van der Waals surface area contributed by atoms with Crippen LogP contribution in [0.3, 0.4) is 0 Å². The van der Waals surface area contributed by atoms with Crippen molar-refractivity contribution in [3.63, 3.8) is 0 Å². The quantitative estimate of drug-likeness (QED) is 0.461. The second-order valence-corrected chi connectivity index (χ2v) is 8.71. The molecule has 0 radical (unpaired) electrons. The predicted molar refractivity (Wildman–Crippen MR) is 121 cm³/mol. The summed E-state index contributed by atoms with van der Waals surface area (Å²) in [7, 11) is 0. The maximum Gasteiger partial charge on any atom is 0.262 e. The number of fused-ring (bicyclic) bond motifs is 1. The van der Waals surface area contributed by atoms with Crippen LogP contribution >= 0.6 is 11.8 Å². The molecule has 0 bridgehead atoms. The Morgan fingerprint density at radius 1 is 1.14 bits per heavy atom. The minimum absolute atomic E-state index is 0.0748. The lowest BCUT2D eigenvalue weighted by Crippen LogP contribution is -2.27. The monoisotopic (exact) mass is 409 g/mol. The van der Waals surface area contributed by atoms with E-state index in [9.17, 15) is 9.59 Å². The van der Waals surface area contributed by atoms with E-state index in [-0.39, 0.29) is 11.5 Å². The molecule has 5 nitrogen and oxygen atoms in total. The van der Waals surface area contributed by atoms with Crippen LogP contribution in [0.15, 0.2) is 52.4 Å². The minimum Gasteiger partial charge on any atom is -0.325 e. The van der Waals surface area contributed by atoms with Crippen molar-refractivity contribution in [1.29, 1.82) is 0 Å². The summed E-state index contributed by atoms with van der Waals surface area (Å²) in [5.74, 6) is 0.205. The Labute approximate surface area is 175 Å². The molecule has 2 aromatic carbocycles. The van der Waals surface area contributed by atoms with Gasteiger partial charge < -0.3 is 5.32 Å². The number of thioether (sulfide) groups is 1. The summed E-state index contributed by atoms with van der Waals surface area (Å²) in [5, 5.41) is 3.85. The molecule has 0 aliphatic rings.